The molecule has 0 amide bonds. The van der Waals surface area contributed by atoms with Crippen molar-refractivity contribution in [3.05, 3.63) is 35.1 Å². The van der Waals surface area contributed by atoms with Crippen LogP contribution in [0.25, 0.3) is 0 Å². The Hall–Kier alpha value is -1.23. The lowest BCUT2D eigenvalue weighted by Gasteiger charge is -2.09. The number of halogens is 4. The second-order valence-corrected chi connectivity index (χ2v) is 4.50. The van der Waals surface area contributed by atoms with Gasteiger partial charge >= 0.3 is 0 Å². The summed E-state index contributed by atoms with van der Waals surface area (Å²) in [6, 6.07) is 1.26. The topological polar surface area (TPSA) is 21.6 Å². The van der Waals surface area contributed by atoms with Gasteiger partial charge in [0.25, 0.3) is 0 Å². The van der Waals surface area contributed by atoms with Gasteiger partial charge in [0.2, 0.25) is 0 Å². The van der Waals surface area contributed by atoms with Crippen LogP contribution < -0.4 is 0 Å². The van der Waals surface area contributed by atoms with E-state index in [2.05, 4.69) is 5.16 Å². The molecule has 0 bridgehead atoms. The molecular weight excluding hydrogens is 255 g/mol. The van der Waals surface area contributed by atoms with E-state index in [9.17, 15) is 13.2 Å². The predicted molar refractivity (Wildman–Crippen MR) is 57.7 cm³/mol. The maximum absolute atomic E-state index is 13.4. The molecule has 0 N–H and O–H groups in total. The van der Waals surface area contributed by atoms with E-state index in [-0.39, 0.29) is 29.2 Å². The van der Waals surface area contributed by atoms with Gasteiger partial charge in [-0.15, -0.1) is 11.6 Å². The fourth-order valence-corrected chi connectivity index (χ4v) is 1.68. The fraction of sp³-hybridized carbons (Fsp3) is 0.364. The summed E-state index contributed by atoms with van der Waals surface area (Å²) in [7, 11) is 0. The van der Waals surface area contributed by atoms with Crippen LogP contribution in [-0.4, -0.2) is 17.2 Å². The Bertz CT molecular complexity index is 476. The molecule has 1 aromatic rings. The third-order valence-electron chi connectivity index (χ3n) is 2.53. The van der Waals surface area contributed by atoms with Gasteiger partial charge in [0.1, 0.15) is 11.9 Å². The van der Waals surface area contributed by atoms with Crippen LogP contribution >= 0.6 is 11.6 Å². The molecule has 0 aromatic heterocycles. The highest BCUT2D eigenvalue weighted by Gasteiger charge is 2.28. The molecule has 0 radical (unpaired) electrons. The zero-order valence-corrected chi connectivity index (χ0v) is 9.64. The Balaban J connectivity index is 2.28. The summed E-state index contributed by atoms with van der Waals surface area (Å²) in [6.07, 6.45) is -0.105. The molecule has 0 aliphatic carbocycles. The van der Waals surface area contributed by atoms with Crippen LogP contribution in [0.3, 0.4) is 0 Å². The van der Waals surface area contributed by atoms with E-state index < -0.39 is 17.5 Å². The highest BCUT2D eigenvalue weighted by Crippen LogP contribution is 2.24. The summed E-state index contributed by atoms with van der Waals surface area (Å²) in [5, 5.41) is 3.34. The van der Waals surface area contributed by atoms with Crippen LogP contribution in [0.5, 0.6) is 0 Å². The smallest absolute Gasteiger partial charge is 0.161 e. The average Bonchev–Trinajstić information content (AvgIpc) is 2.72. The average molecular weight is 264 g/mol. The van der Waals surface area contributed by atoms with Crippen LogP contribution in [0, 0.1) is 17.5 Å². The van der Waals surface area contributed by atoms with E-state index >= 15 is 0 Å². The highest BCUT2D eigenvalue weighted by atomic mass is 35.5. The maximum Gasteiger partial charge on any atom is 0.161 e. The molecule has 0 saturated heterocycles. The predicted octanol–water partition coefficient (Wildman–Crippen LogP) is 3.22. The van der Waals surface area contributed by atoms with Gasteiger partial charge in [-0.2, -0.15) is 0 Å². The minimum absolute atomic E-state index is 0.0938. The first-order chi connectivity index (χ1) is 7.99. The fourth-order valence-electron chi connectivity index (χ4n) is 1.55. The number of nitrogens with zero attached hydrogens (tertiary/aromatic N) is 1. The number of oxime groups is 1. The van der Waals surface area contributed by atoms with Crippen molar-refractivity contribution in [2.45, 2.75) is 24.8 Å². The van der Waals surface area contributed by atoms with Crippen molar-refractivity contribution < 1.29 is 18.0 Å². The zero-order valence-electron chi connectivity index (χ0n) is 8.88. The summed E-state index contributed by atoms with van der Waals surface area (Å²) in [5.41, 5.74) is 0.141. The lowest BCUT2D eigenvalue weighted by atomic mass is 10.0. The van der Waals surface area contributed by atoms with Crippen molar-refractivity contribution in [2.75, 3.05) is 0 Å². The largest absolute Gasteiger partial charge is 0.390 e. The zero-order chi connectivity index (χ0) is 12.6. The SMILES string of the molecule is CC(Cl)C1CC(c2cc(F)c(F)cc2F)=NO1. The van der Waals surface area contributed by atoms with Crippen molar-refractivity contribution in [1.29, 1.82) is 0 Å². The normalized spacial score (nSPS) is 21.0. The molecule has 0 saturated carbocycles. The Kier molecular flexibility index (Phi) is 3.28. The molecule has 2 unspecified atom stereocenters. The van der Waals surface area contributed by atoms with Gasteiger partial charge in [-0.3, -0.25) is 0 Å². The summed E-state index contributed by atoms with van der Waals surface area (Å²) in [4.78, 5) is 4.98. The van der Waals surface area contributed by atoms with Crippen LogP contribution in [-0.2, 0) is 4.84 Å². The number of rotatable bonds is 2. The first-order valence-electron chi connectivity index (χ1n) is 5.00. The molecule has 1 aromatic carbocycles. The first kappa shape index (κ1) is 12.2. The van der Waals surface area contributed by atoms with Gasteiger partial charge < -0.3 is 4.84 Å². The van der Waals surface area contributed by atoms with Crippen molar-refractivity contribution in [2.24, 2.45) is 5.16 Å². The lowest BCUT2D eigenvalue weighted by molar-refractivity contribution is 0.0855. The number of alkyl halides is 1. The van der Waals surface area contributed by atoms with Crippen molar-refractivity contribution in [3.63, 3.8) is 0 Å². The molecule has 1 heterocycles. The summed E-state index contributed by atoms with van der Waals surface area (Å²) in [6.45, 7) is 1.71. The van der Waals surface area contributed by atoms with E-state index in [1.807, 2.05) is 0 Å². The molecule has 2 atom stereocenters. The third-order valence-corrected chi connectivity index (χ3v) is 2.81. The van der Waals surface area contributed by atoms with Gasteiger partial charge in [0, 0.05) is 18.1 Å². The molecule has 2 nitrogen and oxygen atoms in total. The van der Waals surface area contributed by atoms with Crippen LogP contribution in [0.1, 0.15) is 18.9 Å². The van der Waals surface area contributed by atoms with Crippen molar-refractivity contribution >= 4 is 17.3 Å². The van der Waals surface area contributed by atoms with E-state index in [1.54, 1.807) is 6.92 Å². The second-order valence-electron chi connectivity index (χ2n) is 3.81. The Morgan fingerprint density at radius 3 is 2.53 bits per heavy atom. The number of hydrogen-bond donors (Lipinski definition) is 0. The maximum atomic E-state index is 13.4. The molecule has 92 valence electrons. The molecule has 0 spiro atoms. The van der Waals surface area contributed by atoms with E-state index in [4.69, 9.17) is 16.4 Å². The number of benzene rings is 1. The second kappa shape index (κ2) is 4.56. The van der Waals surface area contributed by atoms with Gasteiger partial charge in [0.05, 0.1) is 11.1 Å². The summed E-state index contributed by atoms with van der Waals surface area (Å²) >= 11 is 5.81. The molecule has 2 rings (SSSR count). The van der Waals surface area contributed by atoms with Gasteiger partial charge in [-0.05, 0) is 13.0 Å². The molecule has 1 aliphatic rings. The van der Waals surface area contributed by atoms with Gasteiger partial charge in [-0.25, -0.2) is 13.2 Å². The van der Waals surface area contributed by atoms with Crippen LogP contribution in [0.2, 0.25) is 0 Å². The Labute approximate surface area is 101 Å². The van der Waals surface area contributed by atoms with Crippen LogP contribution in [0.4, 0.5) is 13.2 Å². The van der Waals surface area contributed by atoms with Crippen LogP contribution in [0.15, 0.2) is 17.3 Å². The Morgan fingerprint density at radius 1 is 1.29 bits per heavy atom. The minimum atomic E-state index is -1.23. The van der Waals surface area contributed by atoms with E-state index in [1.165, 1.54) is 0 Å². The molecule has 1 aliphatic heterocycles. The van der Waals surface area contributed by atoms with Crippen molar-refractivity contribution in [1.82, 2.24) is 0 Å². The first-order valence-corrected chi connectivity index (χ1v) is 5.44. The number of hydrogen-bond acceptors (Lipinski definition) is 2. The molecule has 6 heteroatoms. The quantitative estimate of drug-likeness (QED) is 0.593. The summed E-state index contributed by atoms with van der Waals surface area (Å²) < 4.78 is 39.2. The minimum Gasteiger partial charge on any atom is -0.390 e. The monoisotopic (exact) mass is 263 g/mol. The van der Waals surface area contributed by atoms with E-state index in [0.717, 1.165) is 6.07 Å². The van der Waals surface area contributed by atoms with Gasteiger partial charge in [0.15, 0.2) is 11.6 Å². The van der Waals surface area contributed by atoms with E-state index in [0.29, 0.717) is 6.07 Å². The third kappa shape index (κ3) is 2.39. The molecule has 17 heavy (non-hydrogen) atoms. The van der Waals surface area contributed by atoms with Crippen molar-refractivity contribution in [3.8, 4) is 0 Å². The lowest BCUT2D eigenvalue weighted by Crippen LogP contribution is -2.18. The standard InChI is InChI=1S/C11H9ClF3NO/c1-5(12)11-4-10(16-17-11)6-2-8(14)9(15)3-7(6)13/h2-3,5,11H,4H2,1H3. The highest BCUT2D eigenvalue weighted by molar-refractivity contribution is 6.21. The molecular formula is C11H9ClF3NO. The molecule has 0 fully saturated rings. The summed E-state index contributed by atoms with van der Waals surface area (Å²) in [5.74, 6) is -3.21. The Morgan fingerprint density at radius 2 is 1.94 bits per heavy atom. The van der Waals surface area contributed by atoms with Gasteiger partial charge in [-0.1, -0.05) is 5.16 Å².